The van der Waals surface area contributed by atoms with Crippen molar-refractivity contribution in [2.24, 2.45) is 11.7 Å². The molecule has 2 atom stereocenters. The molecule has 1 amide bonds. The molecule has 4 nitrogen and oxygen atoms in total. The summed E-state index contributed by atoms with van der Waals surface area (Å²) in [6.07, 6.45) is 4.67. The summed E-state index contributed by atoms with van der Waals surface area (Å²) < 4.78 is 0. The fourth-order valence-electron chi connectivity index (χ4n) is 2.61. The molecule has 3 N–H and O–H groups in total. The summed E-state index contributed by atoms with van der Waals surface area (Å²) in [5.74, 6) is -0.00867. The molecule has 1 aromatic carbocycles. The third-order valence-corrected chi connectivity index (χ3v) is 4.56. The highest BCUT2D eigenvalue weighted by Gasteiger charge is 2.30. The van der Waals surface area contributed by atoms with Gasteiger partial charge in [0, 0.05) is 28.9 Å². The zero-order valence-corrected chi connectivity index (χ0v) is 11.9. The largest absolute Gasteiger partial charge is 0.327 e. The van der Waals surface area contributed by atoms with Gasteiger partial charge in [-0.05, 0) is 37.1 Å². The van der Waals surface area contributed by atoms with Crippen LogP contribution in [0.1, 0.15) is 19.3 Å². The van der Waals surface area contributed by atoms with Crippen molar-refractivity contribution in [1.29, 1.82) is 0 Å². The first-order valence-corrected chi connectivity index (χ1v) is 7.68. The minimum Gasteiger partial charge on any atom is -0.327 e. The smallest absolute Gasteiger partial charge is 0.229 e. The van der Waals surface area contributed by atoms with Gasteiger partial charge in [-0.3, -0.25) is 4.79 Å². The normalized spacial score (nSPS) is 21.9. The topological polar surface area (TPSA) is 68.0 Å². The van der Waals surface area contributed by atoms with Crippen LogP contribution in [0.5, 0.6) is 0 Å². The summed E-state index contributed by atoms with van der Waals surface area (Å²) in [6.45, 7) is 0. The number of nitrogens with one attached hydrogen (secondary N) is 1. The number of benzene rings is 1. The monoisotopic (exact) mass is 287 g/mol. The average molecular weight is 287 g/mol. The van der Waals surface area contributed by atoms with Crippen LogP contribution in [-0.4, -0.2) is 16.9 Å². The Bertz CT molecular complexity index is 580. The fourth-order valence-corrected chi connectivity index (χ4v) is 3.26. The molecule has 0 aliphatic heterocycles. The molecule has 5 heteroatoms. The molecule has 3 rings (SSSR count). The maximum atomic E-state index is 12.1. The van der Waals surface area contributed by atoms with Gasteiger partial charge >= 0.3 is 0 Å². The molecule has 2 aromatic rings. The third-order valence-electron chi connectivity index (χ3n) is 3.74. The highest BCUT2D eigenvalue weighted by Crippen LogP contribution is 2.26. The third kappa shape index (κ3) is 2.73. The zero-order valence-electron chi connectivity index (χ0n) is 11.1. The number of nitrogens with zero attached hydrogens (tertiary/aromatic N) is 1. The summed E-state index contributed by atoms with van der Waals surface area (Å²) in [7, 11) is 0. The number of aromatic nitrogens is 1. The Morgan fingerprint density at radius 3 is 2.70 bits per heavy atom. The molecule has 20 heavy (non-hydrogen) atoms. The fraction of sp³-hybridized carbons (Fsp3) is 0.333. The van der Waals surface area contributed by atoms with E-state index < -0.39 is 0 Å². The van der Waals surface area contributed by atoms with Crippen LogP contribution < -0.4 is 11.1 Å². The van der Waals surface area contributed by atoms with Crippen molar-refractivity contribution in [3.8, 4) is 10.6 Å². The van der Waals surface area contributed by atoms with E-state index in [1.54, 1.807) is 17.5 Å². The Morgan fingerprint density at radius 1 is 1.30 bits per heavy atom. The first-order chi connectivity index (χ1) is 9.74. The summed E-state index contributed by atoms with van der Waals surface area (Å²) in [4.78, 5) is 16.4. The Balaban J connectivity index is 1.68. The van der Waals surface area contributed by atoms with Crippen molar-refractivity contribution < 1.29 is 4.79 Å². The van der Waals surface area contributed by atoms with Gasteiger partial charge in [0.05, 0.1) is 5.92 Å². The van der Waals surface area contributed by atoms with Crippen LogP contribution in [0.15, 0.2) is 35.8 Å². The van der Waals surface area contributed by atoms with E-state index in [1.807, 2.05) is 29.6 Å². The van der Waals surface area contributed by atoms with Gasteiger partial charge in [0.15, 0.2) is 0 Å². The van der Waals surface area contributed by atoms with E-state index in [2.05, 4.69) is 10.3 Å². The molecule has 0 spiro atoms. The summed E-state index contributed by atoms with van der Waals surface area (Å²) in [5, 5.41) is 5.89. The average Bonchev–Trinajstić information content (AvgIpc) is 3.10. The highest BCUT2D eigenvalue weighted by atomic mass is 32.1. The van der Waals surface area contributed by atoms with Crippen molar-refractivity contribution in [3.05, 3.63) is 35.8 Å². The van der Waals surface area contributed by atoms with Crippen LogP contribution in [0.3, 0.4) is 0 Å². The number of rotatable bonds is 3. The number of thiazole rings is 1. The lowest BCUT2D eigenvalue weighted by Crippen LogP contribution is -2.34. The van der Waals surface area contributed by atoms with E-state index in [1.165, 1.54) is 0 Å². The van der Waals surface area contributed by atoms with Gasteiger partial charge in [-0.25, -0.2) is 4.98 Å². The molecule has 0 radical (unpaired) electrons. The van der Waals surface area contributed by atoms with Crippen molar-refractivity contribution in [1.82, 2.24) is 4.98 Å². The number of carbonyl (C=O) groups excluding carboxylic acids is 1. The predicted octanol–water partition coefficient (Wildman–Crippen LogP) is 2.88. The minimum absolute atomic E-state index is 0.00425. The SMILES string of the molecule is NC1CCCC1C(=O)Nc1ccc(-c2nccs2)cc1. The summed E-state index contributed by atoms with van der Waals surface area (Å²) in [6, 6.07) is 7.78. The minimum atomic E-state index is -0.0476. The van der Waals surface area contributed by atoms with Gasteiger partial charge in [0.1, 0.15) is 5.01 Å². The maximum Gasteiger partial charge on any atom is 0.229 e. The number of carbonyl (C=O) groups is 1. The number of amides is 1. The maximum absolute atomic E-state index is 12.1. The standard InChI is InChI=1S/C15H17N3OS/c16-13-3-1-2-12(13)14(19)18-11-6-4-10(5-7-11)15-17-8-9-20-15/h4-9,12-13H,1-3,16H2,(H,18,19). The van der Waals surface area contributed by atoms with Crippen molar-refractivity contribution in [2.45, 2.75) is 25.3 Å². The first kappa shape index (κ1) is 13.3. The molecule has 0 saturated heterocycles. The molecule has 1 aromatic heterocycles. The number of anilines is 1. The second-order valence-electron chi connectivity index (χ2n) is 5.11. The van der Waals surface area contributed by atoms with Gasteiger partial charge in [0.25, 0.3) is 0 Å². The molecule has 104 valence electrons. The van der Waals surface area contributed by atoms with Crippen molar-refractivity contribution in [2.75, 3.05) is 5.32 Å². The van der Waals surface area contributed by atoms with E-state index in [0.29, 0.717) is 0 Å². The summed E-state index contributed by atoms with van der Waals surface area (Å²) in [5.41, 5.74) is 7.83. The van der Waals surface area contributed by atoms with E-state index >= 15 is 0 Å². The molecule has 1 aliphatic rings. The van der Waals surface area contributed by atoms with Gasteiger partial charge < -0.3 is 11.1 Å². The van der Waals surface area contributed by atoms with Crippen LogP contribution in [0, 0.1) is 5.92 Å². The second kappa shape index (κ2) is 5.73. The van der Waals surface area contributed by atoms with Crippen molar-refractivity contribution >= 4 is 22.9 Å². The zero-order chi connectivity index (χ0) is 13.9. The Labute approximate surface area is 122 Å². The van der Waals surface area contributed by atoms with E-state index in [-0.39, 0.29) is 17.9 Å². The first-order valence-electron chi connectivity index (χ1n) is 6.80. The Hall–Kier alpha value is -1.72. The molecular weight excluding hydrogens is 270 g/mol. The van der Waals surface area contributed by atoms with E-state index in [9.17, 15) is 4.79 Å². The molecule has 0 bridgehead atoms. The van der Waals surface area contributed by atoms with Crippen molar-refractivity contribution in [3.63, 3.8) is 0 Å². The van der Waals surface area contributed by atoms with Crippen LogP contribution >= 0.6 is 11.3 Å². The number of hydrogen-bond donors (Lipinski definition) is 2. The molecule has 1 fully saturated rings. The lowest BCUT2D eigenvalue weighted by atomic mass is 10.0. The molecule has 2 unspecified atom stereocenters. The van der Waals surface area contributed by atoms with Crippen LogP contribution in [0.25, 0.3) is 10.6 Å². The summed E-state index contributed by atoms with van der Waals surface area (Å²) >= 11 is 1.60. The Kier molecular flexibility index (Phi) is 3.80. The quantitative estimate of drug-likeness (QED) is 0.912. The molecule has 1 saturated carbocycles. The van der Waals surface area contributed by atoms with Crippen LogP contribution in [0.2, 0.25) is 0 Å². The Morgan fingerprint density at radius 2 is 2.10 bits per heavy atom. The van der Waals surface area contributed by atoms with E-state index in [4.69, 9.17) is 5.73 Å². The van der Waals surface area contributed by atoms with E-state index in [0.717, 1.165) is 35.5 Å². The molecule has 1 heterocycles. The van der Waals surface area contributed by atoms with Crippen LogP contribution in [-0.2, 0) is 4.79 Å². The van der Waals surface area contributed by atoms with Gasteiger partial charge in [-0.1, -0.05) is 6.42 Å². The number of nitrogens with two attached hydrogens (primary N) is 1. The van der Waals surface area contributed by atoms with Gasteiger partial charge in [-0.15, -0.1) is 11.3 Å². The predicted molar refractivity (Wildman–Crippen MR) is 81.5 cm³/mol. The highest BCUT2D eigenvalue weighted by molar-refractivity contribution is 7.13. The van der Waals surface area contributed by atoms with Gasteiger partial charge in [0.2, 0.25) is 5.91 Å². The second-order valence-corrected chi connectivity index (χ2v) is 6.00. The molecular formula is C15H17N3OS. The molecule has 1 aliphatic carbocycles. The van der Waals surface area contributed by atoms with Crippen LogP contribution in [0.4, 0.5) is 5.69 Å². The lowest BCUT2D eigenvalue weighted by molar-refractivity contribution is -0.120. The lowest BCUT2D eigenvalue weighted by Gasteiger charge is -2.15. The number of hydrogen-bond acceptors (Lipinski definition) is 4. The van der Waals surface area contributed by atoms with Gasteiger partial charge in [-0.2, -0.15) is 0 Å².